The van der Waals surface area contributed by atoms with Crippen molar-refractivity contribution in [3.63, 3.8) is 0 Å². The van der Waals surface area contributed by atoms with Crippen LogP contribution in [0.2, 0.25) is 0 Å². The fourth-order valence-corrected chi connectivity index (χ4v) is 3.51. The molecule has 1 amide bonds. The Morgan fingerprint density at radius 1 is 1.43 bits per heavy atom. The number of carbonyl (C=O) groups is 1. The van der Waals surface area contributed by atoms with Gasteiger partial charge in [0.2, 0.25) is 10.0 Å². The zero-order valence-corrected chi connectivity index (χ0v) is 15.4. The Hall–Kier alpha value is -1.09. The normalized spacial score (nSPS) is 21.8. The average molecular weight is 366 g/mol. The lowest BCUT2D eigenvalue weighted by Crippen LogP contribution is -2.50. The van der Waals surface area contributed by atoms with Crippen molar-refractivity contribution >= 4 is 28.3 Å². The first-order chi connectivity index (χ1) is 10.2. The van der Waals surface area contributed by atoms with E-state index in [1.165, 1.54) is 27.1 Å². The highest BCUT2D eigenvalue weighted by Crippen LogP contribution is 2.22. The minimum absolute atomic E-state index is 0. The van der Waals surface area contributed by atoms with Gasteiger partial charge in [-0.3, -0.25) is 4.79 Å². The zero-order chi connectivity index (χ0) is 16.5. The molecule has 1 aliphatic heterocycles. The van der Waals surface area contributed by atoms with E-state index >= 15 is 0 Å². The molecule has 2 N–H and O–H groups in total. The monoisotopic (exact) mass is 365 g/mol. The largest absolute Gasteiger partial charge is 0.455 e. The number of hydrogen-bond acceptors (Lipinski definition) is 5. The fourth-order valence-electron chi connectivity index (χ4n) is 2.45. The van der Waals surface area contributed by atoms with E-state index in [2.05, 4.69) is 17.6 Å². The zero-order valence-electron chi connectivity index (χ0n) is 13.8. The Kier molecular flexibility index (Phi) is 6.64. The highest BCUT2D eigenvalue weighted by atomic mass is 35.5. The summed E-state index contributed by atoms with van der Waals surface area (Å²) in [5, 5.41) is 6.13. The van der Waals surface area contributed by atoms with Gasteiger partial charge in [-0.25, -0.2) is 12.7 Å². The van der Waals surface area contributed by atoms with E-state index in [0.29, 0.717) is 12.5 Å². The quantitative estimate of drug-likeness (QED) is 0.830. The third-order valence-corrected chi connectivity index (χ3v) is 5.92. The Labute approximate surface area is 143 Å². The molecule has 0 radical (unpaired) electrons. The van der Waals surface area contributed by atoms with Gasteiger partial charge in [0.25, 0.3) is 5.91 Å². The molecule has 1 aromatic rings. The Balaban J connectivity index is 0.00000264. The summed E-state index contributed by atoms with van der Waals surface area (Å²) < 4.78 is 30.8. The molecule has 0 saturated carbocycles. The van der Waals surface area contributed by atoms with Crippen molar-refractivity contribution < 1.29 is 17.6 Å². The summed E-state index contributed by atoms with van der Waals surface area (Å²) in [5.74, 6) is 0.222. The molecule has 0 aromatic carbocycles. The molecule has 9 heteroatoms. The third-order valence-electron chi connectivity index (χ3n) is 4.00. The van der Waals surface area contributed by atoms with Crippen LogP contribution in [-0.4, -0.2) is 51.9 Å². The van der Waals surface area contributed by atoms with Gasteiger partial charge in [0.15, 0.2) is 5.76 Å². The fraction of sp³-hybridized carbons (Fsp3) is 0.643. The minimum atomic E-state index is -3.62. The van der Waals surface area contributed by atoms with Crippen LogP contribution in [0.25, 0.3) is 0 Å². The first kappa shape index (κ1) is 20.0. The molecule has 1 saturated heterocycles. The number of amides is 1. The summed E-state index contributed by atoms with van der Waals surface area (Å²) in [6.07, 6.45) is 0.988. The summed E-state index contributed by atoms with van der Waals surface area (Å²) in [7, 11) is -0.734. The summed E-state index contributed by atoms with van der Waals surface area (Å²) in [4.78, 5) is 12.3. The molecule has 1 aromatic heterocycles. The van der Waals surface area contributed by atoms with Gasteiger partial charge in [-0.15, -0.1) is 12.4 Å². The lowest BCUT2D eigenvalue weighted by molar-refractivity contribution is 0.0885. The van der Waals surface area contributed by atoms with Gasteiger partial charge in [-0.05, 0) is 25.8 Å². The molecule has 0 aliphatic carbocycles. The van der Waals surface area contributed by atoms with Gasteiger partial charge in [-0.2, -0.15) is 0 Å². The van der Waals surface area contributed by atoms with Crippen LogP contribution in [0, 0.1) is 12.8 Å². The highest BCUT2D eigenvalue weighted by Gasteiger charge is 2.28. The number of piperidine rings is 1. The van der Waals surface area contributed by atoms with E-state index in [1.807, 2.05) is 0 Å². The number of carbonyl (C=O) groups excluding carboxylic acids is 1. The lowest BCUT2D eigenvalue weighted by Gasteiger charge is -2.29. The van der Waals surface area contributed by atoms with Gasteiger partial charge in [0, 0.05) is 32.7 Å². The van der Waals surface area contributed by atoms with Crippen molar-refractivity contribution in [2.45, 2.75) is 31.2 Å². The molecular formula is C14H24ClN3O4S. The van der Waals surface area contributed by atoms with Crippen molar-refractivity contribution in [2.24, 2.45) is 5.92 Å². The number of rotatable bonds is 4. The number of nitrogens with one attached hydrogen (secondary N) is 2. The van der Waals surface area contributed by atoms with E-state index in [-0.39, 0.29) is 40.8 Å². The molecule has 2 unspecified atom stereocenters. The second-order valence-electron chi connectivity index (χ2n) is 5.87. The van der Waals surface area contributed by atoms with Crippen LogP contribution in [0.1, 0.15) is 29.7 Å². The Morgan fingerprint density at radius 3 is 2.65 bits per heavy atom. The van der Waals surface area contributed by atoms with Crippen molar-refractivity contribution in [1.82, 2.24) is 14.9 Å². The summed E-state index contributed by atoms with van der Waals surface area (Å²) in [6, 6.07) is 1.31. The van der Waals surface area contributed by atoms with Gasteiger partial charge in [0.05, 0.1) is 0 Å². The minimum Gasteiger partial charge on any atom is -0.455 e. The number of halogens is 1. The maximum absolute atomic E-state index is 12.3. The van der Waals surface area contributed by atoms with Gasteiger partial charge < -0.3 is 15.1 Å². The molecule has 2 atom stereocenters. The molecule has 1 fully saturated rings. The highest BCUT2D eigenvalue weighted by molar-refractivity contribution is 7.89. The standard InChI is InChI=1S/C14H23N3O4S.ClH/c1-9-5-6-15-8-11(9)16-14(18)12-7-13(10(2)21-12)22(19,20)17(3)4;/h7,9,11,15H,5-6,8H2,1-4H3,(H,16,18);1H. The molecule has 2 rings (SSSR count). The maximum Gasteiger partial charge on any atom is 0.287 e. The van der Waals surface area contributed by atoms with Crippen molar-refractivity contribution in [3.8, 4) is 0 Å². The third kappa shape index (κ3) is 4.26. The van der Waals surface area contributed by atoms with Crippen LogP contribution in [0.3, 0.4) is 0 Å². The summed E-state index contributed by atoms with van der Waals surface area (Å²) in [6.45, 7) is 5.27. The predicted molar refractivity (Wildman–Crippen MR) is 89.5 cm³/mol. The average Bonchev–Trinajstić information content (AvgIpc) is 2.84. The van der Waals surface area contributed by atoms with Crippen LogP contribution in [0.15, 0.2) is 15.4 Å². The number of aryl methyl sites for hydroxylation is 1. The van der Waals surface area contributed by atoms with E-state index in [9.17, 15) is 13.2 Å². The molecule has 132 valence electrons. The predicted octanol–water partition coefficient (Wildman–Crippen LogP) is 0.988. The van der Waals surface area contributed by atoms with Gasteiger partial charge in [0.1, 0.15) is 10.7 Å². The van der Waals surface area contributed by atoms with E-state index in [0.717, 1.165) is 17.3 Å². The van der Waals surface area contributed by atoms with E-state index in [4.69, 9.17) is 4.42 Å². The first-order valence-corrected chi connectivity index (χ1v) is 8.72. The van der Waals surface area contributed by atoms with Crippen molar-refractivity contribution in [3.05, 3.63) is 17.6 Å². The summed E-state index contributed by atoms with van der Waals surface area (Å²) >= 11 is 0. The number of sulfonamides is 1. The van der Waals surface area contributed by atoms with E-state index < -0.39 is 10.0 Å². The maximum atomic E-state index is 12.3. The van der Waals surface area contributed by atoms with Crippen molar-refractivity contribution in [2.75, 3.05) is 27.2 Å². The first-order valence-electron chi connectivity index (χ1n) is 7.28. The lowest BCUT2D eigenvalue weighted by atomic mass is 9.95. The number of hydrogen-bond donors (Lipinski definition) is 2. The Morgan fingerprint density at radius 2 is 2.09 bits per heavy atom. The molecular weight excluding hydrogens is 342 g/mol. The van der Waals surface area contributed by atoms with Crippen LogP contribution in [0.4, 0.5) is 0 Å². The molecule has 0 spiro atoms. The van der Waals surface area contributed by atoms with Gasteiger partial charge in [-0.1, -0.05) is 6.92 Å². The summed E-state index contributed by atoms with van der Waals surface area (Å²) in [5.41, 5.74) is 0. The van der Waals surface area contributed by atoms with Crippen LogP contribution >= 0.6 is 12.4 Å². The van der Waals surface area contributed by atoms with Crippen LogP contribution in [0.5, 0.6) is 0 Å². The van der Waals surface area contributed by atoms with E-state index in [1.54, 1.807) is 0 Å². The van der Waals surface area contributed by atoms with Gasteiger partial charge >= 0.3 is 0 Å². The SMILES string of the molecule is Cc1oc(C(=O)NC2CNCCC2C)cc1S(=O)(=O)N(C)C.Cl. The molecule has 0 bridgehead atoms. The van der Waals surface area contributed by atoms with Crippen LogP contribution in [-0.2, 0) is 10.0 Å². The second-order valence-corrected chi connectivity index (χ2v) is 7.99. The second kappa shape index (κ2) is 7.65. The Bertz CT molecular complexity index is 657. The smallest absolute Gasteiger partial charge is 0.287 e. The number of furan rings is 1. The number of nitrogens with zero attached hydrogens (tertiary/aromatic N) is 1. The van der Waals surface area contributed by atoms with Crippen molar-refractivity contribution in [1.29, 1.82) is 0 Å². The topological polar surface area (TPSA) is 91.6 Å². The van der Waals surface area contributed by atoms with Crippen LogP contribution < -0.4 is 10.6 Å². The molecule has 23 heavy (non-hydrogen) atoms. The molecule has 1 aliphatic rings. The molecule has 7 nitrogen and oxygen atoms in total. The molecule has 2 heterocycles.